The second-order valence-electron chi connectivity index (χ2n) is 6.00. The van der Waals surface area contributed by atoms with E-state index in [9.17, 15) is 5.11 Å². The normalized spacial score (nSPS) is 17.5. The van der Waals surface area contributed by atoms with Crippen molar-refractivity contribution in [1.29, 1.82) is 0 Å². The molecule has 0 radical (unpaired) electrons. The highest BCUT2D eigenvalue weighted by atomic mass is 16.3. The number of hydrogen-bond donors (Lipinski definition) is 1. The first-order chi connectivity index (χ1) is 10.2. The zero-order valence-electron chi connectivity index (χ0n) is 12.9. The first-order valence-corrected chi connectivity index (χ1v) is 7.92. The van der Waals surface area contributed by atoms with Gasteiger partial charge in [0.15, 0.2) is 0 Å². The molecule has 1 aliphatic rings. The van der Waals surface area contributed by atoms with Crippen molar-refractivity contribution in [3.8, 4) is 0 Å². The third-order valence-electron chi connectivity index (χ3n) is 4.40. The second-order valence-corrected chi connectivity index (χ2v) is 6.00. The lowest BCUT2D eigenvalue weighted by molar-refractivity contribution is 0.175. The zero-order valence-corrected chi connectivity index (χ0v) is 12.9. The van der Waals surface area contributed by atoms with Crippen LogP contribution in [0.2, 0.25) is 0 Å². The summed E-state index contributed by atoms with van der Waals surface area (Å²) in [6, 6.07) is 2.59. The van der Waals surface area contributed by atoms with Gasteiger partial charge in [0.1, 0.15) is 0 Å². The largest absolute Gasteiger partial charge is 0.388 e. The van der Waals surface area contributed by atoms with Crippen molar-refractivity contribution in [2.24, 2.45) is 7.05 Å². The molecule has 5 heteroatoms. The predicted octanol–water partition coefficient (Wildman–Crippen LogP) is 2.57. The van der Waals surface area contributed by atoms with Crippen LogP contribution in [0.25, 0.3) is 0 Å². The Kier molecular flexibility index (Phi) is 4.10. The summed E-state index contributed by atoms with van der Waals surface area (Å²) in [4.78, 5) is 0. The van der Waals surface area contributed by atoms with Gasteiger partial charge in [0, 0.05) is 31.4 Å². The number of aryl methyl sites for hydroxylation is 2. The van der Waals surface area contributed by atoms with Crippen LogP contribution in [-0.4, -0.2) is 24.7 Å². The van der Waals surface area contributed by atoms with Crippen LogP contribution in [0, 0.1) is 0 Å². The minimum absolute atomic E-state index is 0.527. The molecule has 1 saturated carbocycles. The van der Waals surface area contributed by atoms with E-state index in [1.54, 1.807) is 4.68 Å². The van der Waals surface area contributed by atoms with Gasteiger partial charge in [0.25, 0.3) is 0 Å². The second kappa shape index (κ2) is 6.02. The van der Waals surface area contributed by atoms with Gasteiger partial charge >= 0.3 is 0 Å². The number of nitrogens with zero attached hydrogens (tertiary/aromatic N) is 4. The summed E-state index contributed by atoms with van der Waals surface area (Å²) in [7, 11) is 1.89. The number of hydrogen-bond acceptors (Lipinski definition) is 3. The van der Waals surface area contributed by atoms with Gasteiger partial charge in [-0.05, 0) is 25.3 Å². The molecule has 0 aromatic carbocycles. The minimum Gasteiger partial charge on any atom is -0.388 e. The third-order valence-corrected chi connectivity index (χ3v) is 4.40. The van der Waals surface area contributed by atoms with Gasteiger partial charge in [-0.1, -0.05) is 19.8 Å². The average molecular weight is 288 g/mol. The molecule has 2 aromatic rings. The van der Waals surface area contributed by atoms with Crippen LogP contribution in [0.1, 0.15) is 61.7 Å². The number of rotatable bonds is 5. The van der Waals surface area contributed by atoms with Crippen molar-refractivity contribution >= 4 is 0 Å². The standard InChI is InChI=1S/C16H24N4O/c1-3-15-14(11-19(2)18-15)16(21)10-12-8-9-20(17-12)13-6-4-5-7-13/h8-9,11,13,16,21H,3-7,10H2,1-2H3. The number of aromatic nitrogens is 4. The van der Waals surface area contributed by atoms with Crippen molar-refractivity contribution in [1.82, 2.24) is 19.6 Å². The van der Waals surface area contributed by atoms with E-state index in [1.807, 2.05) is 19.3 Å². The molecule has 21 heavy (non-hydrogen) atoms. The van der Waals surface area contributed by atoms with Crippen molar-refractivity contribution < 1.29 is 5.11 Å². The Labute approximate surface area is 125 Å². The van der Waals surface area contributed by atoms with E-state index in [-0.39, 0.29) is 0 Å². The maximum atomic E-state index is 10.5. The Morgan fingerprint density at radius 3 is 2.81 bits per heavy atom. The van der Waals surface area contributed by atoms with E-state index in [2.05, 4.69) is 28.0 Å². The van der Waals surface area contributed by atoms with Gasteiger partial charge in [-0.15, -0.1) is 0 Å². The fraction of sp³-hybridized carbons (Fsp3) is 0.625. The van der Waals surface area contributed by atoms with Crippen LogP contribution in [0.15, 0.2) is 18.5 Å². The molecule has 0 spiro atoms. The molecule has 0 aliphatic heterocycles. The van der Waals surface area contributed by atoms with Gasteiger partial charge in [-0.25, -0.2) is 0 Å². The maximum Gasteiger partial charge on any atom is 0.0879 e. The quantitative estimate of drug-likeness (QED) is 0.920. The SMILES string of the molecule is CCc1nn(C)cc1C(O)Cc1ccn(C2CCCC2)n1. The van der Waals surface area contributed by atoms with Crippen LogP contribution < -0.4 is 0 Å². The van der Waals surface area contributed by atoms with Gasteiger partial charge < -0.3 is 5.11 Å². The van der Waals surface area contributed by atoms with E-state index in [0.29, 0.717) is 12.5 Å². The zero-order chi connectivity index (χ0) is 14.8. The lowest BCUT2D eigenvalue weighted by atomic mass is 10.0. The highest BCUT2D eigenvalue weighted by Gasteiger charge is 2.20. The highest BCUT2D eigenvalue weighted by molar-refractivity contribution is 5.21. The molecule has 5 nitrogen and oxygen atoms in total. The number of aliphatic hydroxyl groups excluding tert-OH is 1. The summed E-state index contributed by atoms with van der Waals surface area (Å²) >= 11 is 0. The average Bonchev–Trinajstić information content (AvgIpc) is 3.16. The lowest BCUT2D eigenvalue weighted by Crippen LogP contribution is -2.08. The highest BCUT2D eigenvalue weighted by Crippen LogP contribution is 2.29. The molecule has 1 aliphatic carbocycles. The van der Waals surface area contributed by atoms with Crippen LogP contribution in [-0.2, 0) is 19.9 Å². The van der Waals surface area contributed by atoms with E-state index in [1.165, 1.54) is 25.7 Å². The Hall–Kier alpha value is -1.62. The summed E-state index contributed by atoms with van der Waals surface area (Å²) in [5, 5.41) is 19.5. The summed E-state index contributed by atoms with van der Waals surface area (Å²) < 4.78 is 3.85. The van der Waals surface area contributed by atoms with Crippen molar-refractivity contribution in [3.63, 3.8) is 0 Å². The third kappa shape index (κ3) is 3.02. The van der Waals surface area contributed by atoms with Crippen molar-refractivity contribution in [2.45, 2.75) is 57.6 Å². The van der Waals surface area contributed by atoms with Crippen molar-refractivity contribution in [3.05, 3.63) is 35.4 Å². The summed E-state index contributed by atoms with van der Waals surface area (Å²) in [6.45, 7) is 2.06. The molecule has 3 rings (SSSR count). The monoisotopic (exact) mass is 288 g/mol. The van der Waals surface area contributed by atoms with E-state index >= 15 is 0 Å². The van der Waals surface area contributed by atoms with Crippen LogP contribution in [0.5, 0.6) is 0 Å². The molecule has 1 fully saturated rings. The topological polar surface area (TPSA) is 55.9 Å². The fourth-order valence-electron chi connectivity index (χ4n) is 3.27. The van der Waals surface area contributed by atoms with E-state index in [0.717, 1.165) is 23.4 Å². The Morgan fingerprint density at radius 1 is 1.33 bits per heavy atom. The van der Waals surface area contributed by atoms with Crippen LogP contribution in [0.3, 0.4) is 0 Å². The molecule has 1 atom stereocenters. The smallest absolute Gasteiger partial charge is 0.0879 e. The van der Waals surface area contributed by atoms with E-state index < -0.39 is 6.10 Å². The van der Waals surface area contributed by atoms with Crippen molar-refractivity contribution in [2.75, 3.05) is 0 Å². The first-order valence-electron chi connectivity index (χ1n) is 7.92. The van der Waals surface area contributed by atoms with Gasteiger partial charge in [-0.2, -0.15) is 10.2 Å². The molecule has 0 amide bonds. The molecule has 1 N–H and O–H groups in total. The molecule has 1 unspecified atom stereocenters. The molecule has 0 bridgehead atoms. The van der Waals surface area contributed by atoms with Gasteiger partial charge in [0.2, 0.25) is 0 Å². The maximum absolute atomic E-state index is 10.5. The fourth-order valence-corrected chi connectivity index (χ4v) is 3.27. The number of aliphatic hydroxyl groups is 1. The Morgan fingerprint density at radius 2 is 2.10 bits per heavy atom. The van der Waals surface area contributed by atoms with Gasteiger partial charge in [-0.3, -0.25) is 9.36 Å². The van der Waals surface area contributed by atoms with E-state index in [4.69, 9.17) is 0 Å². The Bertz CT molecular complexity index is 595. The summed E-state index contributed by atoms with van der Waals surface area (Å²) in [6.07, 6.45) is 9.90. The Balaban J connectivity index is 1.70. The molecule has 2 heterocycles. The lowest BCUT2D eigenvalue weighted by Gasteiger charge is -2.10. The summed E-state index contributed by atoms with van der Waals surface area (Å²) in [5.74, 6) is 0. The molecule has 2 aromatic heterocycles. The van der Waals surface area contributed by atoms with Crippen LogP contribution >= 0.6 is 0 Å². The molecular formula is C16H24N4O. The van der Waals surface area contributed by atoms with Gasteiger partial charge in [0.05, 0.1) is 23.5 Å². The molecule has 114 valence electrons. The molecular weight excluding hydrogens is 264 g/mol. The van der Waals surface area contributed by atoms with Crippen LogP contribution in [0.4, 0.5) is 0 Å². The minimum atomic E-state index is -0.527. The summed E-state index contributed by atoms with van der Waals surface area (Å²) in [5.41, 5.74) is 2.86. The first kappa shape index (κ1) is 14.3. The molecule has 0 saturated heterocycles. The predicted molar refractivity (Wildman–Crippen MR) is 81.0 cm³/mol.